The van der Waals surface area contributed by atoms with E-state index in [9.17, 15) is 4.79 Å². The first-order chi connectivity index (χ1) is 13.6. The number of nitrogens with zero attached hydrogens (tertiary/aromatic N) is 1. The molecule has 4 nitrogen and oxygen atoms in total. The van der Waals surface area contributed by atoms with Crippen LogP contribution in [0.3, 0.4) is 0 Å². The van der Waals surface area contributed by atoms with Gasteiger partial charge in [-0.2, -0.15) is 0 Å². The molecule has 148 valence electrons. The van der Waals surface area contributed by atoms with E-state index >= 15 is 0 Å². The molecule has 1 unspecified atom stereocenters. The Labute approximate surface area is 171 Å². The molecule has 1 spiro atoms. The molecule has 2 aromatic rings. The van der Waals surface area contributed by atoms with E-state index in [1.54, 1.807) is 12.1 Å². The van der Waals surface area contributed by atoms with Crippen molar-refractivity contribution in [2.75, 3.05) is 19.6 Å². The van der Waals surface area contributed by atoms with Crippen molar-refractivity contribution in [3.8, 4) is 0 Å². The number of nitrogens with one attached hydrogen (secondary N) is 1. The normalized spacial score (nSPS) is 21.7. The number of amides is 1. The summed E-state index contributed by atoms with van der Waals surface area (Å²) in [5, 5.41) is 3.47. The first-order valence-electron chi connectivity index (χ1n) is 10.1. The van der Waals surface area contributed by atoms with E-state index in [4.69, 9.17) is 16.3 Å². The Bertz CT molecular complexity index is 803. The van der Waals surface area contributed by atoms with Crippen molar-refractivity contribution in [1.82, 2.24) is 10.2 Å². The molecule has 1 amide bonds. The van der Waals surface area contributed by atoms with Gasteiger partial charge in [-0.3, -0.25) is 9.69 Å². The van der Waals surface area contributed by atoms with E-state index < -0.39 is 0 Å². The van der Waals surface area contributed by atoms with Gasteiger partial charge in [-0.15, -0.1) is 0 Å². The van der Waals surface area contributed by atoms with Gasteiger partial charge in [0.1, 0.15) is 0 Å². The summed E-state index contributed by atoms with van der Waals surface area (Å²) in [6, 6.07) is 17.8. The standard InChI is InChI=1S/C23H27ClN2O2/c24-21-9-5-4-8-20(21)22(27)25-16-19-10-11-23(28-19)12-14-26(15-13-23)17-18-6-2-1-3-7-18/h1-9,19H,10-17H2,(H,25,27). The summed E-state index contributed by atoms with van der Waals surface area (Å²) < 4.78 is 6.43. The molecule has 1 N–H and O–H groups in total. The fraction of sp³-hybridized carbons (Fsp3) is 0.435. The molecule has 2 fully saturated rings. The van der Waals surface area contributed by atoms with Crippen LogP contribution in [0.2, 0.25) is 5.02 Å². The van der Waals surface area contributed by atoms with E-state index in [0.717, 1.165) is 45.3 Å². The van der Waals surface area contributed by atoms with Gasteiger partial charge in [-0.05, 0) is 43.4 Å². The SMILES string of the molecule is O=C(NCC1CCC2(CCN(Cc3ccccc3)CC2)O1)c1ccccc1Cl. The Morgan fingerprint density at radius 3 is 2.54 bits per heavy atom. The monoisotopic (exact) mass is 398 g/mol. The van der Waals surface area contributed by atoms with E-state index in [-0.39, 0.29) is 17.6 Å². The van der Waals surface area contributed by atoms with Gasteiger partial charge in [0, 0.05) is 26.2 Å². The van der Waals surface area contributed by atoms with Crippen molar-refractivity contribution in [3.63, 3.8) is 0 Å². The summed E-state index contributed by atoms with van der Waals surface area (Å²) in [7, 11) is 0. The van der Waals surface area contributed by atoms with Gasteiger partial charge in [-0.1, -0.05) is 54.1 Å². The molecule has 2 aliphatic heterocycles. The topological polar surface area (TPSA) is 41.6 Å². The molecule has 2 aliphatic rings. The van der Waals surface area contributed by atoms with Crippen molar-refractivity contribution >= 4 is 17.5 Å². The maximum absolute atomic E-state index is 12.3. The van der Waals surface area contributed by atoms with Crippen LogP contribution in [-0.4, -0.2) is 42.1 Å². The van der Waals surface area contributed by atoms with Gasteiger partial charge in [0.2, 0.25) is 0 Å². The highest BCUT2D eigenvalue weighted by atomic mass is 35.5. The highest BCUT2D eigenvalue weighted by Crippen LogP contribution is 2.39. The molecule has 28 heavy (non-hydrogen) atoms. The molecule has 0 aliphatic carbocycles. The molecule has 2 aromatic carbocycles. The molecule has 2 heterocycles. The highest BCUT2D eigenvalue weighted by Gasteiger charge is 2.42. The van der Waals surface area contributed by atoms with E-state index in [1.165, 1.54) is 5.56 Å². The van der Waals surface area contributed by atoms with Crippen LogP contribution in [0.25, 0.3) is 0 Å². The molecule has 0 bridgehead atoms. The summed E-state index contributed by atoms with van der Waals surface area (Å²) in [6.45, 7) is 3.68. The van der Waals surface area contributed by atoms with Gasteiger partial charge in [0.15, 0.2) is 0 Å². The average Bonchev–Trinajstić information content (AvgIpc) is 3.12. The van der Waals surface area contributed by atoms with E-state index in [0.29, 0.717) is 17.1 Å². The van der Waals surface area contributed by atoms with Crippen LogP contribution in [0.4, 0.5) is 0 Å². The number of likely N-dealkylation sites (tertiary alicyclic amines) is 1. The second-order valence-corrected chi connectivity index (χ2v) is 8.32. The smallest absolute Gasteiger partial charge is 0.252 e. The zero-order chi connectivity index (χ0) is 19.4. The number of carbonyl (C=O) groups excluding carboxylic acids is 1. The van der Waals surface area contributed by atoms with Crippen molar-refractivity contribution < 1.29 is 9.53 Å². The number of piperidine rings is 1. The molecular weight excluding hydrogens is 372 g/mol. The van der Waals surface area contributed by atoms with Crippen molar-refractivity contribution in [3.05, 3.63) is 70.7 Å². The zero-order valence-corrected chi connectivity index (χ0v) is 16.8. The first kappa shape index (κ1) is 19.4. The Balaban J connectivity index is 1.24. The first-order valence-corrected chi connectivity index (χ1v) is 10.5. The summed E-state index contributed by atoms with van der Waals surface area (Å²) in [4.78, 5) is 14.9. The predicted octanol–water partition coefficient (Wildman–Crippen LogP) is 4.28. The van der Waals surface area contributed by atoms with Gasteiger partial charge in [0.05, 0.1) is 22.3 Å². The largest absolute Gasteiger partial charge is 0.370 e. The fourth-order valence-electron chi connectivity index (χ4n) is 4.31. The quantitative estimate of drug-likeness (QED) is 0.817. The van der Waals surface area contributed by atoms with E-state index in [2.05, 4.69) is 40.5 Å². The van der Waals surface area contributed by atoms with Crippen LogP contribution in [0.15, 0.2) is 54.6 Å². The summed E-state index contributed by atoms with van der Waals surface area (Å²) in [5.74, 6) is -0.132. The predicted molar refractivity (Wildman–Crippen MR) is 112 cm³/mol. The number of ether oxygens (including phenoxy) is 1. The van der Waals surface area contributed by atoms with Crippen LogP contribution in [0.5, 0.6) is 0 Å². The van der Waals surface area contributed by atoms with Crippen LogP contribution in [-0.2, 0) is 11.3 Å². The van der Waals surface area contributed by atoms with Crippen LogP contribution >= 0.6 is 11.6 Å². The lowest BCUT2D eigenvalue weighted by molar-refractivity contribution is -0.0764. The molecular formula is C23H27ClN2O2. The third-order valence-corrected chi connectivity index (χ3v) is 6.29. The Hall–Kier alpha value is -1.88. The number of halogens is 1. The maximum Gasteiger partial charge on any atom is 0.252 e. The van der Waals surface area contributed by atoms with Gasteiger partial charge in [0.25, 0.3) is 5.91 Å². The Kier molecular flexibility index (Phi) is 6.00. The lowest BCUT2D eigenvalue weighted by atomic mass is 9.88. The summed E-state index contributed by atoms with van der Waals surface area (Å²) in [6.07, 6.45) is 4.30. The minimum Gasteiger partial charge on any atom is -0.370 e. The minimum atomic E-state index is -0.132. The van der Waals surface area contributed by atoms with Crippen molar-refractivity contribution in [2.45, 2.75) is 43.9 Å². The lowest BCUT2D eigenvalue weighted by Gasteiger charge is -2.39. The van der Waals surface area contributed by atoms with Gasteiger partial charge >= 0.3 is 0 Å². The number of hydrogen-bond acceptors (Lipinski definition) is 3. The summed E-state index contributed by atoms with van der Waals surface area (Å²) in [5.41, 5.74) is 1.88. The highest BCUT2D eigenvalue weighted by molar-refractivity contribution is 6.33. The third kappa shape index (κ3) is 4.57. The number of carbonyl (C=O) groups is 1. The lowest BCUT2D eigenvalue weighted by Crippen LogP contribution is -2.44. The second-order valence-electron chi connectivity index (χ2n) is 7.91. The van der Waals surface area contributed by atoms with Gasteiger partial charge in [-0.25, -0.2) is 0 Å². The average molecular weight is 399 g/mol. The molecule has 1 atom stereocenters. The third-order valence-electron chi connectivity index (χ3n) is 5.96. The Morgan fingerprint density at radius 1 is 1.07 bits per heavy atom. The van der Waals surface area contributed by atoms with Crippen LogP contribution < -0.4 is 5.32 Å². The Morgan fingerprint density at radius 2 is 1.79 bits per heavy atom. The second kappa shape index (κ2) is 8.64. The molecule has 4 rings (SSSR count). The van der Waals surface area contributed by atoms with Crippen LogP contribution in [0, 0.1) is 0 Å². The minimum absolute atomic E-state index is 0.00697. The molecule has 5 heteroatoms. The summed E-state index contributed by atoms with van der Waals surface area (Å²) >= 11 is 6.11. The number of hydrogen-bond donors (Lipinski definition) is 1. The van der Waals surface area contributed by atoms with Crippen LogP contribution in [0.1, 0.15) is 41.6 Å². The molecule has 2 saturated heterocycles. The molecule has 0 aromatic heterocycles. The van der Waals surface area contributed by atoms with Crippen molar-refractivity contribution in [2.24, 2.45) is 0 Å². The zero-order valence-electron chi connectivity index (χ0n) is 16.1. The fourth-order valence-corrected chi connectivity index (χ4v) is 4.54. The van der Waals surface area contributed by atoms with E-state index in [1.807, 2.05) is 12.1 Å². The van der Waals surface area contributed by atoms with Gasteiger partial charge < -0.3 is 10.1 Å². The molecule has 0 radical (unpaired) electrons. The van der Waals surface area contributed by atoms with Crippen molar-refractivity contribution in [1.29, 1.82) is 0 Å². The number of rotatable bonds is 5. The molecule has 0 saturated carbocycles. The maximum atomic E-state index is 12.3. The number of benzene rings is 2.